The van der Waals surface area contributed by atoms with Gasteiger partial charge in [0.25, 0.3) is 0 Å². The van der Waals surface area contributed by atoms with E-state index in [2.05, 4.69) is 0 Å². The first-order valence-corrected chi connectivity index (χ1v) is 5.85. The molecule has 0 aromatic heterocycles. The minimum absolute atomic E-state index is 0.0512. The number of nitrogens with zero attached hydrogens (tertiary/aromatic N) is 1. The summed E-state index contributed by atoms with van der Waals surface area (Å²) in [4.78, 5) is 13.7. The molecule has 2 rings (SSSR count). The number of anilines is 1. The molecule has 0 spiro atoms. The number of benzene rings is 1. The number of aliphatic hydroxyl groups is 1. The molecule has 1 amide bonds. The van der Waals surface area contributed by atoms with Crippen molar-refractivity contribution in [2.24, 2.45) is 5.92 Å². The third-order valence-corrected chi connectivity index (χ3v) is 2.84. The van der Waals surface area contributed by atoms with E-state index in [1.807, 2.05) is 31.2 Å². The van der Waals surface area contributed by atoms with Gasteiger partial charge in [0, 0.05) is 13.2 Å². The van der Waals surface area contributed by atoms with Crippen LogP contribution >= 0.6 is 0 Å². The maximum Gasteiger partial charge on any atom is 0.230 e. The molecule has 1 heterocycles. The van der Waals surface area contributed by atoms with Gasteiger partial charge in [-0.2, -0.15) is 0 Å². The van der Waals surface area contributed by atoms with Crippen LogP contribution in [0.3, 0.4) is 0 Å². The quantitative estimate of drug-likeness (QED) is 0.862. The zero-order chi connectivity index (χ0) is 12.3. The minimum Gasteiger partial charge on any atom is -0.491 e. The van der Waals surface area contributed by atoms with Gasteiger partial charge < -0.3 is 14.7 Å². The number of aliphatic hydroxyl groups excluding tert-OH is 1. The normalized spacial score (nSPS) is 17.1. The molecular formula is C13H17NO3. The Morgan fingerprint density at radius 2 is 2.24 bits per heavy atom. The average molecular weight is 235 g/mol. The van der Waals surface area contributed by atoms with E-state index in [0.29, 0.717) is 19.6 Å². The number of para-hydroxylation sites is 2. The lowest BCUT2D eigenvalue weighted by Gasteiger charge is -2.24. The molecule has 92 valence electrons. The van der Waals surface area contributed by atoms with Crippen molar-refractivity contribution >= 4 is 11.6 Å². The second kappa shape index (κ2) is 5.19. The van der Waals surface area contributed by atoms with Gasteiger partial charge in [-0.25, -0.2) is 0 Å². The zero-order valence-electron chi connectivity index (χ0n) is 9.93. The molecule has 0 saturated heterocycles. The summed E-state index contributed by atoms with van der Waals surface area (Å²) in [5.41, 5.74) is 0.801. The molecule has 0 fully saturated rings. The van der Waals surface area contributed by atoms with Crippen molar-refractivity contribution in [1.29, 1.82) is 0 Å². The highest BCUT2D eigenvalue weighted by Crippen LogP contribution is 2.31. The molecule has 1 aromatic carbocycles. The molecule has 1 aromatic rings. The van der Waals surface area contributed by atoms with Crippen LogP contribution < -0.4 is 9.64 Å². The monoisotopic (exact) mass is 235 g/mol. The summed E-state index contributed by atoms with van der Waals surface area (Å²) in [6.45, 7) is 2.93. The Kier molecular flexibility index (Phi) is 3.64. The number of hydrogen-bond donors (Lipinski definition) is 1. The molecule has 1 aliphatic rings. The van der Waals surface area contributed by atoms with E-state index in [0.717, 1.165) is 11.4 Å². The van der Waals surface area contributed by atoms with Crippen LogP contribution in [0.1, 0.15) is 13.3 Å². The van der Waals surface area contributed by atoms with Crippen molar-refractivity contribution in [2.75, 3.05) is 24.7 Å². The van der Waals surface area contributed by atoms with Crippen LogP contribution in [0.4, 0.5) is 5.69 Å². The molecule has 4 heteroatoms. The van der Waals surface area contributed by atoms with E-state index in [1.54, 1.807) is 4.90 Å². The average Bonchev–Trinajstić information content (AvgIpc) is 2.50. The number of amides is 1. The Hall–Kier alpha value is -1.55. The summed E-state index contributed by atoms with van der Waals surface area (Å²) in [7, 11) is 0. The van der Waals surface area contributed by atoms with Crippen LogP contribution in [-0.4, -0.2) is 30.8 Å². The van der Waals surface area contributed by atoms with Crippen LogP contribution in [0.15, 0.2) is 24.3 Å². The van der Waals surface area contributed by atoms with E-state index in [-0.39, 0.29) is 18.4 Å². The summed E-state index contributed by atoms with van der Waals surface area (Å²) >= 11 is 0. The van der Waals surface area contributed by atoms with E-state index < -0.39 is 0 Å². The molecule has 0 bridgehead atoms. The van der Waals surface area contributed by atoms with Gasteiger partial charge in [0.1, 0.15) is 5.75 Å². The maximum atomic E-state index is 12.0. The van der Waals surface area contributed by atoms with Gasteiger partial charge in [0.05, 0.1) is 18.7 Å². The smallest absolute Gasteiger partial charge is 0.230 e. The second-order valence-corrected chi connectivity index (χ2v) is 4.36. The highest BCUT2D eigenvalue weighted by Gasteiger charge is 2.23. The lowest BCUT2D eigenvalue weighted by molar-refractivity contribution is -0.118. The molecule has 1 atom stereocenters. The number of fused-ring (bicyclic) bond motifs is 1. The second-order valence-electron chi connectivity index (χ2n) is 4.36. The van der Waals surface area contributed by atoms with Gasteiger partial charge in [-0.3, -0.25) is 4.79 Å². The maximum absolute atomic E-state index is 12.0. The number of rotatable bonds is 3. The molecule has 1 N–H and O–H groups in total. The fraction of sp³-hybridized carbons (Fsp3) is 0.462. The Balaban J connectivity index is 2.30. The molecule has 0 aliphatic carbocycles. The highest BCUT2D eigenvalue weighted by molar-refractivity contribution is 5.95. The standard InChI is InChI=1S/C13H17NO3/c1-10(9-15)8-14-11-4-2-3-5-12(11)17-7-6-13(14)16/h2-5,10,15H,6-9H2,1H3. The van der Waals surface area contributed by atoms with E-state index in [1.165, 1.54) is 0 Å². The SMILES string of the molecule is CC(CO)CN1C(=O)CCOc2ccccc21. The molecule has 0 saturated carbocycles. The van der Waals surface area contributed by atoms with Gasteiger partial charge >= 0.3 is 0 Å². The minimum atomic E-state index is 0.0512. The number of carbonyl (C=O) groups is 1. The Labute approximate surface area is 101 Å². The highest BCUT2D eigenvalue weighted by atomic mass is 16.5. The predicted molar refractivity (Wildman–Crippen MR) is 65.2 cm³/mol. The summed E-state index contributed by atoms with van der Waals surface area (Å²) in [5, 5.41) is 9.10. The lowest BCUT2D eigenvalue weighted by atomic mass is 10.1. The lowest BCUT2D eigenvalue weighted by Crippen LogP contribution is -2.35. The van der Waals surface area contributed by atoms with Crippen molar-refractivity contribution < 1.29 is 14.6 Å². The van der Waals surface area contributed by atoms with Crippen LogP contribution in [-0.2, 0) is 4.79 Å². The van der Waals surface area contributed by atoms with Crippen LogP contribution in [0.2, 0.25) is 0 Å². The van der Waals surface area contributed by atoms with Gasteiger partial charge in [-0.15, -0.1) is 0 Å². The molecule has 1 aliphatic heterocycles. The van der Waals surface area contributed by atoms with Crippen LogP contribution in [0.25, 0.3) is 0 Å². The fourth-order valence-electron chi connectivity index (χ4n) is 1.89. The molecule has 0 radical (unpaired) electrons. The van der Waals surface area contributed by atoms with Gasteiger partial charge in [0.2, 0.25) is 5.91 Å². The van der Waals surface area contributed by atoms with Crippen molar-refractivity contribution in [3.63, 3.8) is 0 Å². The predicted octanol–water partition coefficient (Wildman–Crippen LogP) is 1.43. The number of hydrogen-bond acceptors (Lipinski definition) is 3. The van der Waals surface area contributed by atoms with Crippen molar-refractivity contribution in [3.8, 4) is 5.75 Å². The summed E-state index contributed by atoms with van der Waals surface area (Å²) < 4.78 is 5.54. The first-order chi connectivity index (χ1) is 8.22. The van der Waals surface area contributed by atoms with Crippen LogP contribution in [0.5, 0.6) is 5.75 Å². The molecule has 4 nitrogen and oxygen atoms in total. The molecule has 17 heavy (non-hydrogen) atoms. The van der Waals surface area contributed by atoms with E-state index in [4.69, 9.17) is 9.84 Å². The van der Waals surface area contributed by atoms with Crippen LogP contribution in [0, 0.1) is 5.92 Å². The summed E-state index contributed by atoms with van der Waals surface area (Å²) in [6.07, 6.45) is 0.382. The summed E-state index contributed by atoms with van der Waals surface area (Å²) in [5.74, 6) is 0.851. The summed E-state index contributed by atoms with van der Waals surface area (Å²) in [6, 6.07) is 7.52. The number of carbonyl (C=O) groups excluding carboxylic acids is 1. The topological polar surface area (TPSA) is 49.8 Å². The van der Waals surface area contributed by atoms with Gasteiger partial charge in [-0.1, -0.05) is 19.1 Å². The Morgan fingerprint density at radius 3 is 3.00 bits per heavy atom. The third kappa shape index (κ3) is 2.58. The molecule has 1 unspecified atom stereocenters. The zero-order valence-corrected chi connectivity index (χ0v) is 9.93. The van der Waals surface area contributed by atoms with Crippen molar-refractivity contribution in [2.45, 2.75) is 13.3 Å². The number of ether oxygens (including phenoxy) is 1. The van der Waals surface area contributed by atoms with E-state index in [9.17, 15) is 4.79 Å². The Morgan fingerprint density at radius 1 is 1.47 bits per heavy atom. The van der Waals surface area contributed by atoms with Crippen molar-refractivity contribution in [1.82, 2.24) is 0 Å². The third-order valence-electron chi connectivity index (χ3n) is 2.84. The largest absolute Gasteiger partial charge is 0.491 e. The first-order valence-electron chi connectivity index (χ1n) is 5.85. The fourth-order valence-corrected chi connectivity index (χ4v) is 1.89. The Bertz CT molecular complexity index is 405. The van der Waals surface area contributed by atoms with Crippen molar-refractivity contribution in [3.05, 3.63) is 24.3 Å². The van der Waals surface area contributed by atoms with Gasteiger partial charge in [-0.05, 0) is 18.1 Å². The van der Waals surface area contributed by atoms with Gasteiger partial charge in [0.15, 0.2) is 0 Å². The van der Waals surface area contributed by atoms with E-state index >= 15 is 0 Å². The molecular weight excluding hydrogens is 218 g/mol. The first kappa shape index (κ1) is 11.9.